The predicted octanol–water partition coefficient (Wildman–Crippen LogP) is 4.66. The third-order valence-corrected chi connectivity index (χ3v) is 5.77. The fraction of sp³-hybridized carbons (Fsp3) is 0.273. The third-order valence-electron chi connectivity index (χ3n) is 4.78. The highest BCUT2D eigenvalue weighted by molar-refractivity contribution is 9.10. The van der Waals surface area contributed by atoms with Gasteiger partial charge in [0.15, 0.2) is 0 Å². The van der Waals surface area contributed by atoms with E-state index in [1.165, 1.54) is 0 Å². The number of rotatable bonds is 3. The zero-order valence-electron chi connectivity index (χ0n) is 15.6. The maximum absolute atomic E-state index is 12.7. The van der Waals surface area contributed by atoms with Crippen LogP contribution in [-0.2, 0) is 9.59 Å². The van der Waals surface area contributed by atoms with E-state index in [1.54, 1.807) is 34.9 Å². The van der Waals surface area contributed by atoms with Crippen LogP contribution in [0.3, 0.4) is 0 Å². The first-order valence-electron chi connectivity index (χ1n) is 9.15. The van der Waals surface area contributed by atoms with Crippen LogP contribution in [-0.4, -0.2) is 47.8 Å². The molecule has 6 heteroatoms. The Labute approximate surface area is 178 Å². The van der Waals surface area contributed by atoms with Crippen LogP contribution in [0.1, 0.15) is 18.9 Å². The van der Waals surface area contributed by atoms with Gasteiger partial charge in [-0.2, -0.15) is 0 Å². The minimum atomic E-state index is -0.0626. The smallest absolute Gasteiger partial charge is 0.246 e. The van der Waals surface area contributed by atoms with Crippen molar-refractivity contribution in [3.8, 4) is 11.1 Å². The van der Waals surface area contributed by atoms with E-state index in [9.17, 15) is 9.59 Å². The molecular formula is C22H21BrClN2O2. The van der Waals surface area contributed by atoms with Crippen LogP contribution in [0.15, 0.2) is 46.9 Å². The Balaban J connectivity index is 1.81. The molecule has 0 N–H and O–H groups in total. The Morgan fingerprint density at radius 2 is 1.82 bits per heavy atom. The number of nitrogens with zero attached hydrogens (tertiary/aromatic N) is 2. The average molecular weight is 461 g/mol. The highest BCUT2D eigenvalue weighted by atomic mass is 79.9. The van der Waals surface area contributed by atoms with E-state index in [4.69, 9.17) is 11.6 Å². The molecule has 1 aliphatic rings. The van der Waals surface area contributed by atoms with Gasteiger partial charge in [0, 0.05) is 55.3 Å². The van der Waals surface area contributed by atoms with Gasteiger partial charge in [0.2, 0.25) is 11.8 Å². The zero-order chi connectivity index (χ0) is 20.1. The summed E-state index contributed by atoms with van der Waals surface area (Å²) >= 11 is 9.99. The van der Waals surface area contributed by atoms with E-state index in [2.05, 4.69) is 22.0 Å². The summed E-state index contributed by atoms with van der Waals surface area (Å²) in [5.74, 6) is -0.00877. The van der Waals surface area contributed by atoms with E-state index in [0.717, 1.165) is 27.6 Å². The van der Waals surface area contributed by atoms with Gasteiger partial charge in [0.05, 0.1) is 5.02 Å². The van der Waals surface area contributed by atoms with Crippen molar-refractivity contribution in [3.63, 3.8) is 0 Å². The van der Waals surface area contributed by atoms with Crippen molar-refractivity contribution in [2.24, 2.45) is 0 Å². The number of benzene rings is 2. The Bertz CT molecular complexity index is 913. The molecule has 1 saturated heterocycles. The second-order valence-corrected chi connectivity index (χ2v) is 7.85. The number of amides is 2. The van der Waals surface area contributed by atoms with Gasteiger partial charge in [-0.3, -0.25) is 9.59 Å². The van der Waals surface area contributed by atoms with E-state index in [1.807, 2.05) is 30.3 Å². The molecule has 1 radical (unpaired) electrons. The van der Waals surface area contributed by atoms with Crippen LogP contribution in [0, 0.1) is 6.07 Å². The van der Waals surface area contributed by atoms with Gasteiger partial charge >= 0.3 is 0 Å². The number of carbonyl (C=O) groups excluding carboxylic acids is 2. The van der Waals surface area contributed by atoms with E-state index >= 15 is 0 Å². The van der Waals surface area contributed by atoms with Crippen LogP contribution in [0.4, 0.5) is 0 Å². The monoisotopic (exact) mass is 459 g/mol. The molecule has 0 saturated carbocycles. The van der Waals surface area contributed by atoms with E-state index in [-0.39, 0.29) is 11.8 Å². The summed E-state index contributed by atoms with van der Waals surface area (Å²) in [6.45, 7) is 4.02. The van der Waals surface area contributed by atoms with Gasteiger partial charge < -0.3 is 9.80 Å². The fourth-order valence-corrected chi connectivity index (χ4v) is 4.04. The first-order chi connectivity index (χ1) is 13.5. The largest absolute Gasteiger partial charge is 0.341 e. The van der Waals surface area contributed by atoms with Gasteiger partial charge in [0.25, 0.3) is 0 Å². The molecule has 28 heavy (non-hydrogen) atoms. The van der Waals surface area contributed by atoms with Gasteiger partial charge in [-0.25, -0.2) is 0 Å². The molecule has 1 aliphatic heterocycles. The van der Waals surface area contributed by atoms with Crippen molar-refractivity contribution < 1.29 is 9.59 Å². The lowest BCUT2D eigenvalue weighted by molar-refractivity contribution is -0.130. The Hall–Kier alpha value is -2.11. The summed E-state index contributed by atoms with van der Waals surface area (Å²) in [7, 11) is 0. The average Bonchev–Trinajstić information content (AvgIpc) is 2.93. The minimum absolute atomic E-state index is 0.0538. The van der Waals surface area contributed by atoms with Gasteiger partial charge in [-0.1, -0.05) is 57.9 Å². The first-order valence-corrected chi connectivity index (χ1v) is 10.3. The highest BCUT2D eigenvalue weighted by Gasteiger charge is 2.19. The molecular weight excluding hydrogens is 440 g/mol. The first kappa shape index (κ1) is 20.6. The minimum Gasteiger partial charge on any atom is -0.341 e. The third kappa shape index (κ3) is 4.83. The van der Waals surface area contributed by atoms with Crippen molar-refractivity contribution in [2.45, 2.75) is 13.3 Å². The Morgan fingerprint density at radius 1 is 1.11 bits per heavy atom. The highest BCUT2D eigenvalue weighted by Crippen LogP contribution is 2.36. The maximum Gasteiger partial charge on any atom is 0.246 e. The second-order valence-electron chi connectivity index (χ2n) is 6.62. The molecule has 0 bridgehead atoms. The standard InChI is InChI=1S/C22H21BrClN2O2/c1-16(27)25-12-5-13-26(15-14-25)21(28)11-10-17-6-4-9-20(24)22(17)18-7-2-3-8-19(18)23/h2-4,6-8,10-11H,5,12-15H2,1H3/b11-10+. The Kier molecular flexibility index (Phi) is 6.92. The molecule has 0 spiro atoms. The fourth-order valence-electron chi connectivity index (χ4n) is 3.28. The van der Waals surface area contributed by atoms with Crippen molar-refractivity contribution in [3.05, 3.63) is 63.6 Å². The number of hydrogen-bond acceptors (Lipinski definition) is 2. The molecule has 0 unspecified atom stereocenters. The summed E-state index contributed by atoms with van der Waals surface area (Å²) in [5, 5.41) is 0.508. The molecule has 0 atom stereocenters. The summed E-state index contributed by atoms with van der Waals surface area (Å²) < 4.78 is 0.925. The quantitative estimate of drug-likeness (QED) is 0.625. The molecule has 3 rings (SSSR count). The number of carbonyl (C=O) groups is 2. The van der Waals surface area contributed by atoms with Crippen LogP contribution in [0.5, 0.6) is 0 Å². The van der Waals surface area contributed by atoms with Crippen LogP contribution < -0.4 is 0 Å². The van der Waals surface area contributed by atoms with E-state index in [0.29, 0.717) is 31.2 Å². The van der Waals surface area contributed by atoms with Crippen molar-refractivity contribution in [2.75, 3.05) is 26.2 Å². The SMILES string of the molecule is CC(=O)N1CCCN(C(=O)/C=C/c2cc[c]c(Cl)c2-c2ccccc2Br)CC1. The molecule has 145 valence electrons. The predicted molar refractivity (Wildman–Crippen MR) is 116 cm³/mol. The summed E-state index contributed by atoms with van der Waals surface area (Å²) in [4.78, 5) is 27.8. The summed E-state index contributed by atoms with van der Waals surface area (Å²) in [6.07, 6.45) is 4.16. The van der Waals surface area contributed by atoms with Crippen molar-refractivity contribution in [1.29, 1.82) is 0 Å². The lowest BCUT2D eigenvalue weighted by Gasteiger charge is -2.20. The van der Waals surface area contributed by atoms with Crippen LogP contribution >= 0.6 is 27.5 Å². The lowest BCUT2D eigenvalue weighted by Crippen LogP contribution is -2.35. The van der Waals surface area contributed by atoms with Crippen LogP contribution in [0.25, 0.3) is 17.2 Å². The normalized spacial score (nSPS) is 15.0. The number of hydrogen-bond donors (Lipinski definition) is 0. The lowest BCUT2D eigenvalue weighted by atomic mass is 9.99. The molecule has 2 aromatic rings. The van der Waals surface area contributed by atoms with E-state index < -0.39 is 0 Å². The molecule has 0 aromatic heterocycles. The number of halogens is 2. The topological polar surface area (TPSA) is 40.6 Å². The van der Waals surface area contributed by atoms with Gasteiger partial charge in [-0.05, 0) is 29.7 Å². The van der Waals surface area contributed by atoms with Crippen LogP contribution in [0.2, 0.25) is 5.02 Å². The molecule has 2 amide bonds. The summed E-state index contributed by atoms with van der Waals surface area (Å²) in [6, 6.07) is 14.5. The molecule has 1 heterocycles. The van der Waals surface area contributed by atoms with Gasteiger partial charge in [-0.15, -0.1) is 0 Å². The summed E-state index contributed by atoms with van der Waals surface area (Å²) in [5.41, 5.74) is 2.63. The van der Waals surface area contributed by atoms with Gasteiger partial charge in [0.1, 0.15) is 0 Å². The second kappa shape index (κ2) is 9.39. The molecule has 2 aromatic carbocycles. The Morgan fingerprint density at radius 3 is 2.57 bits per heavy atom. The molecule has 0 aliphatic carbocycles. The van der Waals surface area contributed by atoms with Crippen molar-refractivity contribution in [1.82, 2.24) is 9.80 Å². The zero-order valence-corrected chi connectivity index (χ0v) is 18.0. The van der Waals surface area contributed by atoms with Crippen molar-refractivity contribution >= 4 is 45.4 Å². The molecule has 1 fully saturated rings. The maximum atomic E-state index is 12.7. The molecule has 4 nitrogen and oxygen atoms in total.